The van der Waals surface area contributed by atoms with Gasteiger partial charge in [-0.1, -0.05) is 47.5 Å². The Labute approximate surface area is 224 Å². The quantitative estimate of drug-likeness (QED) is 0.289. The normalized spacial score (nSPS) is 11.7. The van der Waals surface area contributed by atoms with E-state index in [1.807, 2.05) is 42.6 Å². The lowest BCUT2D eigenvalue weighted by molar-refractivity contribution is 0.0517. The topological polar surface area (TPSA) is 87.4 Å². The maximum absolute atomic E-state index is 13.0. The molecule has 0 spiro atoms. The van der Waals surface area contributed by atoms with Crippen LogP contribution in [-0.4, -0.2) is 34.0 Å². The van der Waals surface area contributed by atoms with E-state index in [2.05, 4.69) is 10.4 Å². The predicted molar refractivity (Wildman–Crippen MR) is 144 cm³/mol. The van der Waals surface area contributed by atoms with Crippen LogP contribution in [0.5, 0.6) is 5.75 Å². The number of aromatic nitrogens is 3. The predicted octanol–water partition coefficient (Wildman–Crippen LogP) is 5.32. The molecule has 37 heavy (non-hydrogen) atoms. The van der Waals surface area contributed by atoms with Crippen molar-refractivity contribution in [3.05, 3.63) is 110 Å². The van der Waals surface area contributed by atoms with Crippen LogP contribution in [0.25, 0.3) is 0 Å². The minimum absolute atomic E-state index is 0.0724. The number of nitrogens with one attached hydrogen (secondary N) is 1. The van der Waals surface area contributed by atoms with E-state index in [-0.39, 0.29) is 22.9 Å². The summed E-state index contributed by atoms with van der Waals surface area (Å²) in [6.07, 6.45) is 3.45. The molecule has 0 aliphatic rings. The van der Waals surface area contributed by atoms with Gasteiger partial charge in [-0.3, -0.25) is 9.48 Å². The zero-order valence-corrected chi connectivity index (χ0v) is 22.1. The molecule has 8 nitrogen and oxygen atoms in total. The summed E-state index contributed by atoms with van der Waals surface area (Å²) in [6.45, 7) is 2.38. The Hall–Kier alpha value is -3.75. The van der Waals surface area contributed by atoms with Gasteiger partial charge in [0.2, 0.25) is 0 Å². The minimum Gasteiger partial charge on any atom is -0.497 e. The molecule has 0 bridgehead atoms. The summed E-state index contributed by atoms with van der Waals surface area (Å²) in [5.41, 5.74) is 2.85. The van der Waals surface area contributed by atoms with Crippen molar-refractivity contribution in [2.24, 2.45) is 7.05 Å². The van der Waals surface area contributed by atoms with Crippen molar-refractivity contribution in [1.29, 1.82) is 0 Å². The zero-order valence-electron chi connectivity index (χ0n) is 20.6. The van der Waals surface area contributed by atoms with Gasteiger partial charge in [-0.25, -0.2) is 4.79 Å². The van der Waals surface area contributed by atoms with Gasteiger partial charge < -0.3 is 19.4 Å². The molecule has 1 unspecified atom stereocenters. The number of pyridine rings is 1. The number of rotatable bonds is 9. The number of benzene rings is 2. The van der Waals surface area contributed by atoms with Crippen LogP contribution in [0.3, 0.4) is 0 Å². The Morgan fingerprint density at radius 2 is 1.78 bits per heavy atom. The first kappa shape index (κ1) is 26.3. The molecule has 4 aromatic rings. The lowest BCUT2D eigenvalue weighted by atomic mass is 9.98. The number of esters is 1. The van der Waals surface area contributed by atoms with Crippen LogP contribution in [0.2, 0.25) is 10.0 Å². The van der Waals surface area contributed by atoms with Crippen LogP contribution in [0.1, 0.15) is 40.1 Å². The summed E-state index contributed by atoms with van der Waals surface area (Å²) in [7, 11) is 3.23. The molecule has 0 aliphatic carbocycles. The van der Waals surface area contributed by atoms with Crippen molar-refractivity contribution in [1.82, 2.24) is 14.3 Å². The second-order valence-corrected chi connectivity index (χ2v) is 9.16. The third kappa shape index (κ3) is 6.15. The van der Waals surface area contributed by atoms with Crippen LogP contribution in [0.4, 0.5) is 5.69 Å². The maximum Gasteiger partial charge on any atom is 0.359 e. The molecule has 10 heteroatoms. The van der Waals surface area contributed by atoms with Crippen LogP contribution in [0, 0.1) is 0 Å². The van der Waals surface area contributed by atoms with Crippen LogP contribution < -0.4 is 15.6 Å². The molecular formula is C27H26Cl2N4O4. The van der Waals surface area contributed by atoms with E-state index in [9.17, 15) is 9.59 Å². The van der Waals surface area contributed by atoms with Gasteiger partial charge in [0.05, 0.1) is 32.0 Å². The smallest absolute Gasteiger partial charge is 0.359 e. The molecule has 0 saturated carbocycles. The number of halogens is 2. The summed E-state index contributed by atoms with van der Waals surface area (Å²) < 4.78 is 13.7. The average molecular weight is 541 g/mol. The number of carbonyl (C=O) groups is 1. The zero-order chi connectivity index (χ0) is 26.5. The van der Waals surface area contributed by atoms with Crippen molar-refractivity contribution in [2.45, 2.75) is 19.5 Å². The van der Waals surface area contributed by atoms with E-state index in [4.69, 9.17) is 32.7 Å². The largest absolute Gasteiger partial charge is 0.497 e. The number of nitrogens with zero attached hydrogens (tertiary/aromatic N) is 3. The first-order valence-electron chi connectivity index (χ1n) is 11.5. The monoisotopic (exact) mass is 540 g/mol. The van der Waals surface area contributed by atoms with Gasteiger partial charge >= 0.3 is 5.97 Å². The fourth-order valence-corrected chi connectivity index (χ4v) is 4.29. The first-order chi connectivity index (χ1) is 17.8. The highest BCUT2D eigenvalue weighted by atomic mass is 35.5. The van der Waals surface area contributed by atoms with Crippen LogP contribution in [0.15, 0.2) is 71.8 Å². The van der Waals surface area contributed by atoms with Crippen LogP contribution in [-0.2, 0) is 18.3 Å². The van der Waals surface area contributed by atoms with Crippen LogP contribution >= 0.6 is 23.2 Å². The molecule has 2 aromatic carbocycles. The molecule has 4 rings (SSSR count). The highest BCUT2D eigenvalue weighted by Gasteiger charge is 2.26. The van der Waals surface area contributed by atoms with E-state index < -0.39 is 12.0 Å². The van der Waals surface area contributed by atoms with Gasteiger partial charge in [-0.15, -0.1) is 0 Å². The molecule has 1 N–H and O–H groups in total. The van der Waals surface area contributed by atoms with Gasteiger partial charge in [0.25, 0.3) is 5.56 Å². The van der Waals surface area contributed by atoms with Crippen molar-refractivity contribution in [2.75, 3.05) is 19.0 Å². The number of hydrogen-bond acceptors (Lipinski definition) is 6. The highest BCUT2D eigenvalue weighted by Crippen LogP contribution is 2.31. The van der Waals surface area contributed by atoms with E-state index in [1.165, 1.54) is 4.57 Å². The Morgan fingerprint density at radius 3 is 2.41 bits per heavy atom. The molecule has 0 radical (unpaired) electrons. The first-order valence-corrected chi connectivity index (χ1v) is 12.3. The third-order valence-corrected chi connectivity index (χ3v) is 6.25. The van der Waals surface area contributed by atoms with Crippen molar-refractivity contribution >= 4 is 34.9 Å². The third-order valence-electron chi connectivity index (χ3n) is 5.73. The Balaban J connectivity index is 1.80. The number of hydrogen-bond donors (Lipinski definition) is 1. The molecule has 0 amide bonds. The fraction of sp³-hybridized carbons (Fsp3) is 0.222. The summed E-state index contributed by atoms with van der Waals surface area (Å²) in [4.78, 5) is 25.1. The molecule has 0 saturated heterocycles. The van der Waals surface area contributed by atoms with Crippen molar-refractivity contribution in [3.8, 4) is 5.75 Å². The SMILES string of the molecule is CCOC(=O)c1nn(Cc2ccc(OC)cc2)cc1C(Nc1cc(Cl)c(=O)n(C)c1)c1ccc(Cl)cc1. The van der Waals surface area contributed by atoms with Crippen molar-refractivity contribution < 1.29 is 14.3 Å². The summed E-state index contributed by atoms with van der Waals surface area (Å²) in [5.74, 6) is 0.213. The number of ether oxygens (including phenoxy) is 2. The molecule has 2 heterocycles. The van der Waals surface area contributed by atoms with E-state index in [1.54, 1.807) is 50.2 Å². The van der Waals surface area contributed by atoms with E-state index in [0.717, 1.165) is 16.9 Å². The van der Waals surface area contributed by atoms with Gasteiger partial charge in [-0.05, 0) is 48.4 Å². The Kier molecular flexibility index (Phi) is 8.21. The van der Waals surface area contributed by atoms with Gasteiger partial charge in [0.15, 0.2) is 5.69 Å². The number of aryl methyl sites for hydroxylation is 1. The van der Waals surface area contributed by atoms with E-state index >= 15 is 0 Å². The molecule has 1 atom stereocenters. The summed E-state index contributed by atoms with van der Waals surface area (Å²) in [5, 5.41) is 8.64. The number of methoxy groups -OCH3 is 1. The molecular weight excluding hydrogens is 515 g/mol. The lowest BCUT2D eigenvalue weighted by Crippen LogP contribution is -2.20. The van der Waals surface area contributed by atoms with E-state index in [0.29, 0.717) is 22.8 Å². The van der Waals surface area contributed by atoms with Gasteiger partial charge in [0, 0.05) is 30.0 Å². The second-order valence-electron chi connectivity index (χ2n) is 8.32. The van der Waals surface area contributed by atoms with Crippen molar-refractivity contribution in [3.63, 3.8) is 0 Å². The number of anilines is 1. The maximum atomic E-state index is 13.0. The Bertz CT molecular complexity index is 1420. The summed E-state index contributed by atoms with van der Waals surface area (Å²) in [6, 6.07) is 15.9. The molecule has 0 fully saturated rings. The van der Waals surface area contributed by atoms with Gasteiger partial charge in [0.1, 0.15) is 10.8 Å². The standard InChI is InChI=1S/C27H26Cl2N4O4/c1-4-37-27(35)25-22(16-33(31-25)14-17-5-11-21(36-3)12-6-17)24(18-7-9-19(28)10-8-18)30-20-13-23(29)26(34)32(2)15-20/h5-13,15-16,24,30H,4,14H2,1-3H3. The average Bonchev–Trinajstić information content (AvgIpc) is 3.30. The lowest BCUT2D eigenvalue weighted by Gasteiger charge is -2.21. The Morgan fingerprint density at radius 1 is 1.08 bits per heavy atom. The summed E-state index contributed by atoms with van der Waals surface area (Å²) >= 11 is 12.3. The molecule has 2 aromatic heterocycles. The number of carbonyl (C=O) groups excluding carboxylic acids is 1. The molecule has 192 valence electrons. The minimum atomic E-state index is -0.537. The van der Waals surface area contributed by atoms with Gasteiger partial charge in [-0.2, -0.15) is 5.10 Å². The fourth-order valence-electron chi connectivity index (χ4n) is 3.92. The second kappa shape index (κ2) is 11.5. The highest BCUT2D eigenvalue weighted by molar-refractivity contribution is 6.30. The molecule has 0 aliphatic heterocycles.